The summed E-state index contributed by atoms with van der Waals surface area (Å²) in [5.74, 6) is 1.13. The Morgan fingerprint density at radius 2 is 2.24 bits per heavy atom. The number of aliphatic hydroxyl groups excluding tert-OH is 1. The zero-order chi connectivity index (χ0) is 12.3. The van der Waals surface area contributed by atoms with Crippen LogP contribution in [0.25, 0.3) is 5.65 Å². The van der Waals surface area contributed by atoms with Crippen molar-refractivity contribution in [1.82, 2.24) is 9.38 Å². The summed E-state index contributed by atoms with van der Waals surface area (Å²) >= 11 is 0. The zero-order valence-corrected chi connectivity index (χ0v) is 10.4. The van der Waals surface area contributed by atoms with Crippen LogP contribution in [0.3, 0.4) is 0 Å². The standard InChI is InChI=1S/C13H19N3O/c1-11(2)15(8-4-10-17)13-6-3-5-12-14-7-9-16(12)13/h3,5-7,9,11,17H,4,8,10H2,1-2H3. The topological polar surface area (TPSA) is 40.8 Å². The first-order valence-electron chi connectivity index (χ1n) is 6.03. The van der Waals surface area contributed by atoms with E-state index in [0.29, 0.717) is 6.04 Å². The molecular weight excluding hydrogens is 214 g/mol. The molecular formula is C13H19N3O. The van der Waals surface area contributed by atoms with Crippen molar-refractivity contribution in [2.45, 2.75) is 26.3 Å². The minimum atomic E-state index is 0.225. The third-order valence-electron chi connectivity index (χ3n) is 2.88. The fraction of sp³-hybridized carbons (Fsp3) is 0.462. The summed E-state index contributed by atoms with van der Waals surface area (Å²) in [5.41, 5.74) is 0.956. The maximum absolute atomic E-state index is 8.97. The zero-order valence-electron chi connectivity index (χ0n) is 10.4. The first-order chi connectivity index (χ1) is 8.24. The number of aliphatic hydroxyl groups is 1. The van der Waals surface area contributed by atoms with Crippen LogP contribution in [0.1, 0.15) is 20.3 Å². The highest BCUT2D eigenvalue weighted by Crippen LogP contribution is 2.19. The van der Waals surface area contributed by atoms with Gasteiger partial charge < -0.3 is 10.0 Å². The van der Waals surface area contributed by atoms with Crippen molar-refractivity contribution in [2.24, 2.45) is 0 Å². The summed E-state index contributed by atoms with van der Waals surface area (Å²) in [5, 5.41) is 8.97. The third kappa shape index (κ3) is 2.42. The van der Waals surface area contributed by atoms with Gasteiger partial charge >= 0.3 is 0 Å². The fourth-order valence-corrected chi connectivity index (χ4v) is 2.05. The first-order valence-corrected chi connectivity index (χ1v) is 6.03. The third-order valence-corrected chi connectivity index (χ3v) is 2.88. The molecule has 0 radical (unpaired) electrons. The molecule has 0 aliphatic carbocycles. The van der Waals surface area contributed by atoms with Gasteiger partial charge in [-0.1, -0.05) is 6.07 Å². The van der Waals surface area contributed by atoms with Crippen LogP contribution in [-0.4, -0.2) is 33.7 Å². The lowest BCUT2D eigenvalue weighted by molar-refractivity contribution is 0.288. The summed E-state index contributed by atoms with van der Waals surface area (Å²) < 4.78 is 2.08. The first kappa shape index (κ1) is 11.9. The molecule has 0 bridgehead atoms. The van der Waals surface area contributed by atoms with Gasteiger partial charge in [0.05, 0.1) is 0 Å². The second-order valence-electron chi connectivity index (χ2n) is 4.40. The minimum absolute atomic E-state index is 0.225. The van der Waals surface area contributed by atoms with E-state index in [1.54, 1.807) is 0 Å². The van der Waals surface area contributed by atoms with Gasteiger partial charge in [-0.15, -0.1) is 0 Å². The highest BCUT2D eigenvalue weighted by molar-refractivity contribution is 5.51. The number of imidazole rings is 1. The molecule has 2 heterocycles. The van der Waals surface area contributed by atoms with Crippen molar-refractivity contribution >= 4 is 11.5 Å². The molecule has 0 aliphatic rings. The summed E-state index contributed by atoms with van der Waals surface area (Å²) in [4.78, 5) is 6.57. The summed E-state index contributed by atoms with van der Waals surface area (Å²) in [6.07, 6.45) is 4.56. The van der Waals surface area contributed by atoms with E-state index >= 15 is 0 Å². The molecule has 2 aromatic rings. The Labute approximate surface area is 102 Å². The van der Waals surface area contributed by atoms with Gasteiger partial charge in [0.15, 0.2) is 0 Å². The average molecular weight is 233 g/mol. The lowest BCUT2D eigenvalue weighted by Gasteiger charge is -2.29. The van der Waals surface area contributed by atoms with Gasteiger partial charge in [-0.05, 0) is 32.4 Å². The Morgan fingerprint density at radius 1 is 1.41 bits per heavy atom. The molecule has 0 aliphatic heterocycles. The monoisotopic (exact) mass is 233 g/mol. The van der Waals surface area contributed by atoms with Crippen LogP contribution >= 0.6 is 0 Å². The SMILES string of the molecule is CC(C)N(CCCO)c1cccc2nccn12. The molecule has 2 aromatic heterocycles. The van der Waals surface area contributed by atoms with Crippen molar-refractivity contribution in [3.63, 3.8) is 0 Å². The van der Waals surface area contributed by atoms with Crippen molar-refractivity contribution in [1.29, 1.82) is 0 Å². The Kier molecular flexibility index (Phi) is 3.64. The van der Waals surface area contributed by atoms with Crippen molar-refractivity contribution in [3.05, 3.63) is 30.6 Å². The summed E-state index contributed by atoms with van der Waals surface area (Å²) in [7, 11) is 0. The van der Waals surface area contributed by atoms with Crippen LogP contribution in [0, 0.1) is 0 Å². The highest BCUT2D eigenvalue weighted by atomic mass is 16.3. The normalized spacial score (nSPS) is 11.3. The Bertz CT molecular complexity index is 478. The number of hydrogen-bond donors (Lipinski definition) is 1. The van der Waals surface area contributed by atoms with Gasteiger partial charge in [0, 0.05) is 31.6 Å². The Morgan fingerprint density at radius 3 is 2.94 bits per heavy atom. The van der Waals surface area contributed by atoms with E-state index in [0.717, 1.165) is 24.4 Å². The maximum Gasteiger partial charge on any atom is 0.138 e. The molecule has 0 spiro atoms. The lowest BCUT2D eigenvalue weighted by Crippen LogP contribution is -2.33. The molecule has 1 N–H and O–H groups in total. The number of pyridine rings is 1. The molecule has 2 rings (SSSR count). The van der Waals surface area contributed by atoms with Crippen LogP contribution in [0.2, 0.25) is 0 Å². The maximum atomic E-state index is 8.97. The predicted molar refractivity (Wildman–Crippen MR) is 69.4 cm³/mol. The predicted octanol–water partition coefficient (Wildman–Crippen LogP) is 1.93. The van der Waals surface area contributed by atoms with Crippen LogP contribution < -0.4 is 4.90 Å². The molecule has 4 nitrogen and oxygen atoms in total. The number of rotatable bonds is 5. The average Bonchev–Trinajstić information content (AvgIpc) is 2.77. The van der Waals surface area contributed by atoms with Crippen molar-refractivity contribution in [3.8, 4) is 0 Å². The van der Waals surface area contributed by atoms with Gasteiger partial charge in [0.1, 0.15) is 11.5 Å². The quantitative estimate of drug-likeness (QED) is 0.858. The molecule has 0 aromatic carbocycles. The number of nitrogens with zero attached hydrogens (tertiary/aromatic N) is 3. The van der Waals surface area contributed by atoms with E-state index in [-0.39, 0.29) is 6.61 Å². The minimum Gasteiger partial charge on any atom is -0.396 e. The van der Waals surface area contributed by atoms with Crippen molar-refractivity contribution in [2.75, 3.05) is 18.1 Å². The number of aromatic nitrogens is 2. The van der Waals surface area contributed by atoms with E-state index in [4.69, 9.17) is 5.11 Å². The molecule has 4 heteroatoms. The number of fused-ring (bicyclic) bond motifs is 1. The second kappa shape index (κ2) is 5.19. The van der Waals surface area contributed by atoms with E-state index in [2.05, 4.69) is 34.2 Å². The van der Waals surface area contributed by atoms with Crippen LogP contribution in [0.4, 0.5) is 5.82 Å². The van der Waals surface area contributed by atoms with E-state index in [9.17, 15) is 0 Å². The van der Waals surface area contributed by atoms with E-state index in [1.165, 1.54) is 0 Å². The highest BCUT2D eigenvalue weighted by Gasteiger charge is 2.12. The summed E-state index contributed by atoms with van der Waals surface area (Å²) in [6.45, 7) is 5.40. The Balaban J connectivity index is 2.37. The fourth-order valence-electron chi connectivity index (χ4n) is 2.05. The van der Waals surface area contributed by atoms with Gasteiger partial charge in [-0.2, -0.15) is 0 Å². The lowest BCUT2D eigenvalue weighted by atomic mass is 10.2. The molecule has 0 atom stereocenters. The Hall–Kier alpha value is -1.55. The molecule has 17 heavy (non-hydrogen) atoms. The molecule has 92 valence electrons. The number of anilines is 1. The van der Waals surface area contributed by atoms with Crippen LogP contribution in [0.5, 0.6) is 0 Å². The molecule has 0 saturated carbocycles. The molecule has 0 amide bonds. The van der Waals surface area contributed by atoms with Crippen molar-refractivity contribution < 1.29 is 5.11 Å². The molecule has 0 saturated heterocycles. The van der Waals surface area contributed by atoms with Crippen LogP contribution in [-0.2, 0) is 0 Å². The van der Waals surface area contributed by atoms with Gasteiger partial charge in [-0.25, -0.2) is 4.98 Å². The van der Waals surface area contributed by atoms with Crippen LogP contribution in [0.15, 0.2) is 30.6 Å². The largest absolute Gasteiger partial charge is 0.396 e. The summed E-state index contributed by atoms with van der Waals surface area (Å²) in [6, 6.07) is 6.50. The second-order valence-corrected chi connectivity index (χ2v) is 4.40. The molecule has 0 fully saturated rings. The van der Waals surface area contributed by atoms with Gasteiger partial charge in [-0.3, -0.25) is 4.40 Å². The van der Waals surface area contributed by atoms with Gasteiger partial charge in [0.25, 0.3) is 0 Å². The van der Waals surface area contributed by atoms with Gasteiger partial charge in [0.2, 0.25) is 0 Å². The smallest absolute Gasteiger partial charge is 0.138 e. The number of hydrogen-bond acceptors (Lipinski definition) is 3. The molecule has 0 unspecified atom stereocenters. The van der Waals surface area contributed by atoms with E-state index in [1.807, 2.05) is 24.5 Å². The van der Waals surface area contributed by atoms with E-state index < -0.39 is 0 Å².